The Hall–Kier alpha value is -0.610. The van der Waals surface area contributed by atoms with Gasteiger partial charge in [0.15, 0.2) is 0 Å². The van der Waals surface area contributed by atoms with Crippen LogP contribution in [0.4, 0.5) is 0 Å². The van der Waals surface area contributed by atoms with Crippen molar-refractivity contribution in [3.63, 3.8) is 0 Å². The molecule has 2 aliphatic rings. The molecule has 20 heavy (non-hydrogen) atoms. The van der Waals surface area contributed by atoms with Crippen molar-refractivity contribution in [3.05, 3.63) is 0 Å². The van der Waals surface area contributed by atoms with Gasteiger partial charge in [-0.25, -0.2) is 0 Å². The van der Waals surface area contributed by atoms with E-state index in [2.05, 4.69) is 17.1 Å². The number of nitrogens with zero attached hydrogens (tertiary/aromatic N) is 1. The zero-order valence-electron chi connectivity index (χ0n) is 12.9. The van der Waals surface area contributed by atoms with Crippen molar-refractivity contribution >= 4 is 5.91 Å². The molecule has 0 aromatic rings. The van der Waals surface area contributed by atoms with E-state index in [1.165, 1.54) is 19.3 Å². The second-order valence-electron chi connectivity index (χ2n) is 6.87. The van der Waals surface area contributed by atoms with Gasteiger partial charge in [-0.2, -0.15) is 0 Å². The molecule has 0 aromatic carbocycles. The Labute approximate surface area is 122 Å². The lowest BCUT2D eigenvalue weighted by molar-refractivity contribution is -0.131. The fourth-order valence-electron chi connectivity index (χ4n) is 3.60. The first kappa shape index (κ1) is 15.8. The number of hydrogen-bond acceptors (Lipinski definition) is 3. The van der Waals surface area contributed by atoms with E-state index < -0.39 is 0 Å². The van der Waals surface area contributed by atoms with E-state index in [0.717, 1.165) is 51.9 Å². The molecule has 0 spiro atoms. The van der Waals surface area contributed by atoms with Crippen LogP contribution in [-0.2, 0) is 4.79 Å². The molecule has 1 saturated heterocycles. The Morgan fingerprint density at radius 3 is 2.75 bits per heavy atom. The van der Waals surface area contributed by atoms with Crippen LogP contribution in [0.2, 0.25) is 0 Å². The van der Waals surface area contributed by atoms with E-state index in [-0.39, 0.29) is 11.3 Å². The van der Waals surface area contributed by atoms with Gasteiger partial charge in [0.2, 0.25) is 5.91 Å². The number of carbonyl (C=O) groups is 1. The van der Waals surface area contributed by atoms with E-state index in [9.17, 15) is 9.90 Å². The van der Waals surface area contributed by atoms with Gasteiger partial charge in [-0.05, 0) is 38.1 Å². The highest BCUT2D eigenvalue weighted by Crippen LogP contribution is 2.35. The van der Waals surface area contributed by atoms with Crippen LogP contribution in [0.25, 0.3) is 0 Å². The molecule has 116 valence electrons. The summed E-state index contributed by atoms with van der Waals surface area (Å²) < 4.78 is 0. The lowest BCUT2D eigenvalue weighted by Gasteiger charge is -2.34. The van der Waals surface area contributed by atoms with Crippen molar-refractivity contribution in [3.8, 4) is 0 Å². The lowest BCUT2D eigenvalue weighted by atomic mass is 9.75. The van der Waals surface area contributed by atoms with Crippen molar-refractivity contribution < 1.29 is 9.90 Å². The number of aliphatic hydroxyl groups excluding tert-OH is 1. The van der Waals surface area contributed by atoms with Crippen LogP contribution in [0, 0.1) is 11.3 Å². The molecular weight excluding hydrogens is 252 g/mol. The number of hydrogen-bond donors (Lipinski definition) is 2. The second-order valence-corrected chi connectivity index (χ2v) is 6.87. The Balaban J connectivity index is 1.68. The fraction of sp³-hybridized carbons (Fsp3) is 0.938. The highest BCUT2D eigenvalue weighted by molar-refractivity contribution is 5.82. The third-order valence-corrected chi connectivity index (χ3v) is 5.08. The summed E-state index contributed by atoms with van der Waals surface area (Å²) in [5, 5.41) is 12.4. The van der Waals surface area contributed by atoms with Gasteiger partial charge in [0, 0.05) is 31.7 Å². The molecule has 1 heterocycles. The topological polar surface area (TPSA) is 52.6 Å². The van der Waals surface area contributed by atoms with E-state index in [1.807, 2.05) is 0 Å². The number of nitrogens with one attached hydrogen (secondary N) is 1. The Morgan fingerprint density at radius 1 is 1.30 bits per heavy atom. The lowest BCUT2D eigenvalue weighted by Crippen LogP contribution is -2.45. The quantitative estimate of drug-likeness (QED) is 0.808. The first-order valence-electron chi connectivity index (χ1n) is 8.25. The van der Waals surface area contributed by atoms with E-state index in [1.54, 1.807) is 0 Å². The van der Waals surface area contributed by atoms with Crippen molar-refractivity contribution in [2.45, 2.75) is 51.9 Å². The maximum atomic E-state index is 12.3. The van der Waals surface area contributed by atoms with Gasteiger partial charge >= 0.3 is 0 Å². The van der Waals surface area contributed by atoms with Crippen LogP contribution < -0.4 is 5.32 Å². The zero-order valence-corrected chi connectivity index (χ0v) is 12.9. The average molecular weight is 282 g/mol. The van der Waals surface area contributed by atoms with Crippen molar-refractivity contribution in [2.24, 2.45) is 11.3 Å². The molecule has 1 aliphatic carbocycles. The number of likely N-dealkylation sites (tertiary alicyclic amines) is 1. The molecule has 0 aromatic heterocycles. The average Bonchev–Trinajstić information content (AvgIpc) is 2.48. The summed E-state index contributed by atoms with van der Waals surface area (Å²) in [5.74, 6) is 0.670. The molecule has 2 fully saturated rings. The van der Waals surface area contributed by atoms with Crippen molar-refractivity contribution in [2.75, 3.05) is 32.8 Å². The summed E-state index contributed by atoms with van der Waals surface area (Å²) in [5.41, 5.74) is -0.131. The minimum Gasteiger partial charge on any atom is -0.396 e. The van der Waals surface area contributed by atoms with Gasteiger partial charge in [0.1, 0.15) is 0 Å². The van der Waals surface area contributed by atoms with Crippen LogP contribution in [-0.4, -0.2) is 48.7 Å². The molecule has 2 N–H and O–H groups in total. The second kappa shape index (κ2) is 7.41. The van der Waals surface area contributed by atoms with E-state index in [4.69, 9.17) is 0 Å². The zero-order chi connectivity index (χ0) is 14.4. The number of aliphatic hydroxyl groups is 1. The number of amides is 1. The van der Waals surface area contributed by atoms with E-state index >= 15 is 0 Å². The standard InChI is InChI=1S/C16H30N2O2/c1-16(7-3-2-4-8-16)15(20)17-9-11-18-10-5-6-14(12-18)13-19/h14,19H,2-13H2,1H3,(H,17,20)/t14-/m0/s1. The summed E-state index contributed by atoms with van der Waals surface area (Å²) in [6, 6.07) is 0. The fourth-order valence-corrected chi connectivity index (χ4v) is 3.60. The van der Waals surface area contributed by atoms with Crippen molar-refractivity contribution in [1.82, 2.24) is 10.2 Å². The molecule has 0 bridgehead atoms. The van der Waals surface area contributed by atoms with Crippen LogP contribution in [0.3, 0.4) is 0 Å². The molecule has 0 radical (unpaired) electrons. The van der Waals surface area contributed by atoms with Crippen LogP contribution in [0.1, 0.15) is 51.9 Å². The first-order chi connectivity index (χ1) is 9.64. The highest BCUT2D eigenvalue weighted by atomic mass is 16.3. The maximum Gasteiger partial charge on any atom is 0.225 e. The molecule has 1 aliphatic heterocycles. The van der Waals surface area contributed by atoms with Gasteiger partial charge in [-0.15, -0.1) is 0 Å². The smallest absolute Gasteiger partial charge is 0.225 e. The Kier molecular flexibility index (Phi) is 5.85. The summed E-state index contributed by atoms with van der Waals surface area (Å²) in [6.07, 6.45) is 8.03. The molecule has 1 amide bonds. The van der Waals surface area contributed by atoms with Gasteiger partial charge in [-0.1, -0.05) is 26.2 Å². The summed E-state index contributed by atoms with van der Waals surface area (Å²) in [4.78, 5) is 14.7. The molecule has 4 heteroatoms. The molecule has 1 saturated carbocycles. The maximum absolute atomic E-state index is 12.3. The largest absolute Gasteiger partial charge is 0.396 e. The van der Waals surface area contributed by atoms with Crippen LogP contribution in [0.15, 0.2) is 0 Å². The Morgan fingerprint density at radius 2 is 2.05 bits per heavy atom. The SMILES string of the molecule is CC1(C(=O)NCCN2CCC[C@H](CO)C2)CCCCC1. The molecular formula is C16H30N2O2. The van der Waals surface area contributed by atoms with Crippen LogP contribution >= 0.6 is 0 Å². The molecule has 0 unspecified atom stereocenters. The van der Waals surface area contributed by atoms with Crippen molar-refractivity contribution in [1.29, 1.82) is 0 Å². The third kappa shape index (κ3) is 4.19. The minimum absolute atomic E-state index is 0.131. The molecule has 4 nitrogen and oxygen atoms in total. The number of rotatable bonds is 5. The van der Waals surface area contributed by atoms with Gasteiger partial charge in [0.25, 0.3) is 0 Å². The normalized spacial score (nSPS) is 27.2. The van der Waals surface area contributed by atoms with E-state index in [0.29, 0.717) is 12.5 Å². The highest BCUT2D eigenvalue weighted by Gasteiger charge is 2.34. The number of carbonyl (C=O) groups excluding carboxylic acids is 1. The Bertz CT molecular complexity index is 314. The van der Waals surface area contributed by atoms with Gasteiger partial charge < -0.3 is 15.3 Å². The molecule has 1 atom stereocenters. The van der Waals surface area contributed by atoms with Crippen LogP contribution in [0.5, 0.6) is 0 Å². The predicted molar refractivity (Wildman–Crippen MR) is 80.5 cm³/mol. The minimum atomic E-state index is -0.131. The first-order valence-corrected chi connectivity index (χ1v) is 8.25. The predicted octanol–water partition coefficient (Wildman–Crippen LogP) is 1.78. The monoisotopic (exact) mass is 282 g/mol. The summed E-state index contributed by atoms with van der Waals surface area (Å²) in [6.45, 7) is 6.14. The number of piperidine rings is 1. The van der Waals surface area contributed by atoms with Gasteiger partial charge in [0.05, 0.1) is 0 Å². The summed E-state index contributed by atoms with van der Waals surface area (Å²) in [7, 11) is 0. The third-order valence-electron chi connectivity index (χ3n) is 5.08. The van der Waals surface area contributed by atoms with Gasteiger partial charge in [-0.3, -0.25) is 4.79 Å². The molecule has 2 rings (SSSR count). The summed E-state index contributed by atoms with van der Waals surface area (Å²) >= 11 is 0.